The molecule has 2 aromatic rings. The van der Waals surface area contributed by atoms with Crippen LogP contribution in [0, 0.1) is 6.92 Å². The zero-order valence-corrected chi connectivity index (χ0v) is 11.2. The number of hydrogen-bond acceptors (Lipinski definition) is 3. The van der Waals surface area contributed by atoms with Crippen molar-refractivity contribution in [2.24, 2.45) is 0 Å². The fraction of sp³-hybridized carbons (Fsp3) is 0.118. The first-order chi connectivity index (χ1) is 9.68. The van der Waals surface area contributed by atoms with Gasteiger partial charge in [0.15, 0.2) is 0 Å². The molecule has 2 rings (SSSR count). The van der Waals surface area contributed by atoms with Crippen molar-refractivity contribution in [2.45, 2.75) is 6.92 Å². The maximum atomic E-state index is 11.8. The molecule has 0 aliphatic heterocycles. The van der Waals surface area contributed by atoms with Gasteiger partial charge < -0.3 is 9.84 Å². The molecule has 0 saturated heterocycles. The molecule has 0 amide bonds. The number of aryl methyl sites for hydroxylation is 1. The van der Waals surface area contributed by atoms with E-state index in [4.69, 9.17) is 4.74 Å². The number of phenols is 1. The van der Waals surface area contributed by atoms with Gasteiger partial charge in [0.2, 0.25) is 0 Å². The van der Waals surface area contributed by atoms with Crippen molar-refractivity contribution in [3.05, 3.63) is 71.3 Å². The quantitative estimate of drug-likeness (QED) is 0.862. The van der Waals surface area contributed by atoms with Crippen LogP contribution in [-0.2, 0) is 4.74 Å². The van der Waals surface area contributed by atoms with Crippen LogP contribution < -0.4 is 0 Å². The molecular weight excluding hydrogens is 252 g/mol. The van der Waals surface area contributed by atoms with E-state index in [1.54, 1.807) is 31.2 Å². The zero-order valence-electron chi connectivity index (χ0n) is 11.2. The summed E-state index contributed by atoms with van der Waals surface area (Å²) in [5.74, 6) is -0.548. The van der Waals surface area contributed by atoms with Crippen LogP contribution in [0.3, 0.4) is 0 Å². The molecule has 2 aromatic carbocycles. The first kappa shape index (κ1) is 13.9. The maximum absolute atomic E-state index is 11.8. The SMILES string of the molecule is Cc1cccc(C(=O)OCC=Cc2ccccc2)c1O. The molecule has 102 valence electrons. The van der Waals surface area contributed by atoms with Crippen LogP contribution in [0.15, 0.2) is 54.6 Å². The van der Waals surface area contributed by atoms with Crippen LogP contribution in [0.5, 0.6) is 5.75 Å². The fourth-order valence-electron chi connectivity index (χ4n) is 1.77. The molecule has 0 unspecified atom stereocenters. The normalized spacial score (nSPS) is 10.7. The second-order valence-electron chi connectivity index (χ2n) is 4.38. The summed E-state index contributed by atoms with van der Waals surface area (Å²) in [4.78, 5) is 11.8. The number of hydrogen-bond donors (Lipinski definition) is 1. The zero-order chi connectivity index (χ0) is 14.4. The third-order valence-electron chi connectivity index (χ3n) is 2.88. The molecular formula is C17H16O3. The number of benzene rings is 2. The fourth-order valence-corrected chi connectivity index (χ4v) is 1.77. The van der Waals surface area contributed by atoms with Crippen LogP contribution in [-0.4, -0.2) is 17.7 Å². The third-order valence-corrected chi connectivity index (χ3v) is 2.88. The van der Waals surface area contributed by atoms with E-state index in [2.05, 4.69) is 0 Å². The Hall–Kier alpha value is -2.55. The molecule has 0 aliphatic rings. The molecule has 3 nitrogen and oxygen atoms in total. The maximum Gasteiger partial charge on any atom is 0.342 e. The van der Waals surface area contributed by atoms with Crippen molar-refractivity contribution in [3.8, 4) is 5.75 Å². The van der Waals surface area contributed by atoms with Gasteiger partial charge in [-0.1, -0.05) is 48.5 Å². The third kappa shape index (κ3) is 3.48. The van der Waals surface area contributed by atoms with E-state index >= 15 is 0 Å². The van der Waals surface area contributed by atoms with Gasteiger partial charge in [0, 0.05) is 0 Å². The minimum absolute atomic E-state index is 0.0236. The van der Waals surface area contributed by atoms with Gasteiger partial charge in [0.05, 0.1) is 0 Å². The van der Waals surface area contributed by atoms with Gasteiger partial charge in [-0.3, -0.25) is 0 Å². The van der Waals surface area contributed by atoms with Gasteiger partial charge in [0.25, 0.3) is 0 Å². The van der Waals surface area contributed by atoms with E-state index in [0.717, 1.165) is 5.56 Å². The van der Waals surface area contributed by atoms with E-state index < -0.39 is 5.97 Å². The molecule has 0 fully saturated rings. The predicted octanol–water partition coefficient (Wildman–Crippen LogP) is 3.57. The number of phenolic OH excluding ortho intramolecular Hbond substituents is 1. The van der Waals surface area contributed by atoms with Gasteiger partial charge >= 0.3 is 5.97 Å². The lowest BCUT2D eigenvalue weighted by Gasteiger charge is -2.06. The Bertz CT molecular complexity index is 615. The van der Waals surface area contributed by atoms with Crippen molar-refractivity contribution >= 4 is 12.0 Å². The lowest BCUT2D eigenvalue weighted by molar-refractivity contribution is 0.0546. The molecule has 0 radical (unpaired) electrons. The van der Waals surface area contributed by atoms with Gasteiger partial charge in [-0.05, 0) is 30.2 Å². The van der Waals surface area contributed by atoms with E-state index in [9.17, 15) is 9.90 Å². The average Bonchev–Trinajstić information content (AvgIpc) is 2.47. The summed E-state index contributed by atoms with van der Waals surface area (Å²) >= 11 is 0. The molecule has 0 bridgehead atoms. The Balaban J connectivity index is 1.93. The summed E-state index contributed by atoms with van der Waals surface area (Å²) in [6, 6.07) is 14.7. The lowest BCUT2D eigenvalue weighted by atomic mass is 10.1. The van der Waals surface area contributed by atoms with Crippen molar-refractivity contribution < 1.29 is 14.6 Å². The van der Waals surface area contributed by atoms with Gasteiger partial charge in [-0.15, -0.1) is 0 Å². The number of rotatable bonds is 4. The topological polar surface area (TPSA) is 46.5 Å². The molecule has 0 spiro atoms. The number of carbonyl (C=O) groups is 1. The van der Waals surface area contributed by atoms with E-state index in [1.807, 2.05) is 36.4 Å². The van der Waals surface area contributed by atoms with Crippen LogP contribution in [0.25, 0.3) is 6.08 Å². The van der Waals surface area contributed by atoms with E-state index in [1.165, 1.54) is 0 Å². The summed E-state index contributed by atoms with van der Waals surface area (Å²) in [6.45, 7) is 1.91. The van der Waals surface area contributed by atoms with Crippen molar-refractivity contribution in [2.75, 3.05) is 6.61 Å². The Morgan fingerprint density at radius 2 is 1.90 bits per heavy atom. The highest BCUT2D eigenvalue weighted by Crippen LogP contribution is 2.21. The van der Waals surface area contributed by atoms with Crippen LogP contribution in [0.2, 0.25) is 0 Å². The largest absolute Gasteiger partial charge is 0.507 e. The Morgan fingerprint density at radius 3 is 2.65 bits per heavy atom. The highest BCUT2D eigenvalue weighted by Gasteiger charge is 2.12. The summed E-state index contributed by atoms with van der Waals surface area (Å²) < 4.78 is 5.10. The smallest absolute Gasteiger partial charge is 0.342 e. The second kappa shape index (κ2) is 6.57. The molecule has 0 heterocycles. The Labute approximate surface area is 118 Å². The monoisotopic (exact) mass is 268 g/mol. The van der Waals surface area contributed by atoms with Gasteiger partial charge in [-0.25, -0.2) is 4.79 Å². The molecule has 3 heteroatoms. The highest BCUT2D eigenvalue weighted by atomic mass is 16.5. The number of esters is 1. The summed E-state index contributed by atoms with van der Waals surface area (Å²) in [5, 5.41) is 9.78. The number of carbonyl (C=O) groups excluding carboxylic acids is 1. The van der Waals surface area contributed by atoms with Crippen molar-refractivity contribution in [1.29, 1.82) is 0 Å². The highest BCUT2D eigenvalue weighted by molar-refractivity contribution is 5.92. The van der Waals surface area contributed by atoms with Gasteiger partial charge in [0.1, 0.15) is 17.9 Å². The number of aromatic hydroxyl groups is 1. The molecule has 0 saturated carbocycles. The first-order valence-corrected chi connectivity index (χ1v) is 6.36. The van der Waals surface area contributed by atoms with E-state index in [0.29, 0.717) is 5.56 Å². The molecule has 0 aromatic heterocycles. The second-order valence-corrected chi connectivity index (χ2v) is 4.38. The van der Waals surface area contributed by atoms with Crippen molar-refractivity contribution in [1.82, 2.24) is 0 Å². The van der Waals surface area contributed by atoms with E-state index in [-0.39, 0.29) is 17.9 Å². The first-order valence-electron chi connectivity index (χ1n) is 6.36. The van der Waals surface area contributed by atoms with Crippen LogP contribution >= 0.6 is 0 Å². The minimum Gasteiger partial charge on any atom is -0.507 e. The summed E-state index contributed by atoms with van der Waals surface area (Å²) in [5.41, 5.74) is 1.89. The number of ether oxygens (including phenoxy) is 1. The number of para-hydroxylation sites is 1. The summed E-state index contributed by atoms with van der Waals surface area (Å²) in [7, 11) is 0. The van der Waals surface area contributed by atoms with Crippen molar-refractivity contribution in [3.63, 3.8) is 0 Å². The van der Waals surface area contributed by atoms with Gasteiger partial charge in [-0.2, -0.15) is 0 Å². The minimum atomic E-state index is -0.524. The standard InChI is InChI=1S/C17H16O3/c1-13-7-5-11-15(16(13)18)17(19)20-12-6-10-14-8-3-2-4-9-14/h2-11,18H,12H2,1H3. The molecule has 0 atom stereocenters. The summed E-state index contributed by atoms with van der Waals surface area (Å²) in [6.07, 6.45) is 3.64. The Kier molecular flexibility index (Phi) is 4.56. The molecule has 20 heavy (non-hydrogen) atoms. The predicted molar refractivity (Wildman–Crippen MR) is 78.6 cm³/mol. The molecule has 0 aliphatic carbocycles. The molecule has 1 N–H and O–H groups in total. The Morgan fingerprint density at radius 1 is 1.15 bits per heavy atom. The van der Waals surface area contributed by atoms with Crippen LogP contribution in [0.1, 0.15) is 21.5 Å². The lowest BCUT2D eigenvalue weighted by Crippen LogP contribution is -2.05. The average molecular weight is 268 g/mol. The van der Waals surface area contributed by atoms with Crippen LogP contribution in [0.4, 0.5) is 0 Å².